The molecule has 1 N–H and O–H groups in total. The first kappa shape index (κ1) is 21.2. The fourth-order valence-corrected chi connectivity index (χ4v) is 3.28. The number of nitrogens with one attached hydrogen (secondary N) is 1. The molecule has 0 aliphatic heterocycles. The molecule has 0 fully saturated rings. The predicted molar refractivity (Wildman–Crippen MR) is 115 cm³/mol. The summed E-state index contributed by atoms with van der Waals surface area (Å²) in [4.78, 5) is 16.9. The maximum Gasteiger partial charge on any atom is 0.280 e. The normalized spacial score (nSPS) is 10.9. The van der Waals surface area contributed by atoms with Gasteiger partial charge in [0.05, 0.1) is 12.1 Å². The molecule has 0 aliphatic carbocycles. The number of aromatic nitrogens is 4. The molecule has 32 heavy (non-hydrogen) atoms. The highest BCUT2D eigenvalue weighted by atomic mass is 19.1. The molecule has 4 rings (SSSR count). The van der Waals surface area contributed by atoms with Gasteiger partial charge in [-0.25, -0.2) is 14.1 Å². The summed E-state index contributed by atoms with van der Waals surface area (Å²) in [6, 6.07) is 12.0. The first-order valence-electron chi connectivity index (χ1n) is 9.99. The fourth-order valence-electron chi connectivity index (χ4n) is 3.28. The highest BCUT2D eigenvalue weighted by Gasteiger charge is 2.21. The molecule has 0 unspecified atom stereocenters. The van der Waals surface area contributed by atoms with E-state index in [1.807, 2.05) is 26.0 Å². The number of ether oxygens (including phenoxy) is 1. The first-order valence-corrected chi connectivity index (χ1v) is 9.99. The molecule has 0 saturated heterocycles. The van der Waals surface area contributed by atoms with Crippen molar-refractivity contribution in [1.29, 1.82) is 0 Å². The van der Waals surface area contributed by atoms with Crippen molar-refractivity contribution < 1.29 is 18.4 Å². The van der Waals surface area contributed by atoms with Crippen molar-refractivity contribution in [2.75, 3.05) is 5.32 Å². The lowest BCUT2D eigenvalue weighted by molar-refractivity contribution is 0.101. The lowest BCUT2D eigenvalue weighted by Gasteiger charge is -2.08. The number of hydrogen-bond donors (Lipinski definition) is 1. The molecule has 1 amide bonds. The third-order valence-electron chi connectivity index (χ3n) is 4.80. The largest absolute Gasteiger partial charge is 0.489 e. The predicted octanol–water partition coefficient (Wildman–Crippen LogP) is 4.21. The van der Waals surface area contributed by atoms with Crippen molar-refractivity contribution in [3.05, 3.63) is 88.3 Å². The molecule has 2 aromatic heterocycles. The van der Waals surface area contributed by atoms with E-state index >= 15 is 0 Å². The number of aryl methyl sites for hydroxylation is 3. The Morgan fingerprint density at radius 1 is 1.12 bits per heavy atom. The molecular formula is C23H22FN5O3. The van der Waals surface area contributed by atoms with Crippen molar-refractivity contribution in [2.24, 2.45) is 0 Å². The van der Waals surface area contributed by atoms with Crippen LogP contribution in [-0.4, -0.2) is 25.8 Å². The summed E-state index contributed by atoms with van der Waals surface area (Å²) in [5.41, 5.74) is 3.69. The summed E-state index contributed by atoms with van der Waals surface area (Å²) in [6.07, 6.45) is 1.48. The van der Waals surface area contributed by atoms with Gasteiger partial charge >= 0.3 is 0 Å². The summed E-state index contributed by atoms with van der Waals surface area (Å²) >= 11 is 0. The molecule has 2 aromatic carbocycles. The molecule has 2 heterocycles. The van der Waals surface area contributed by atoms with Crippen LogP contribution in [0.25, 0.3) is 0 Å². The highest BCUT2D eigenvalue weighted by Crippen LogP contribution is 2.21. The van der Waals surface area contributed by atoms with Gasteiger partial charge in [-0.2, -0.15) is 0 Å². The zero-order valence-corrected chi connectivity index (χ0v) is 17.9. The van der Waals surface area contributed by atoms with E-state index < -0.39 is 5.91 Å². The van der Waals surface area contributed by atoms with Gasteiger partial charge in [0.1, 0.15) is 30.3 Å². The molecule has 0 bridgehead atoms. The Hall–Kier alpha value is -4.01. The number of anilines is 1. The summed E-state index contributed by atoms with van der Waals surface area (Å²) in [7, 11) is 0. The second-order valence-corrected chi connectivity index (χ2v) is 7.52. The van der Waals surface area contributed by atoms with Crippen LogP contribution in [0.1, 0.15) is 38.5 Å². The van der Waals surface area contributed by atoms with Crippen LogP contribution in [0.4, 0.5) is 10.3 Å². The summed E-state index contributed by atoms with van der Waals surface area (Å²) in [6.45, 7) is 6.23. The minimum absolute atomic E-state index is 0.113. The topological polar surface area (TPSA) is 95.1 Å². The van der Waals surface area contributed by atoms with Gasteiger partial charge in [0.25, 0.3) is 5.91 Å². The second kappa shape index (κ2) is 9.01. The van der Waals surface area contributed by atoms with Crippen molar-refractivity contribution in [2.45, 2.75) is 33.9 Å². The number of nitrogens with zero attached hydrogens (tertiary/aromatic N) is 4. The SMILES string of the molecule is Cc1cc(C)cc(OCc2c(C(=O)Nc3ncn(Cc4ccc(F)cc4)n3)noc2C)c1. The number of benzene rings is 2. The number of halogens is 1. The Labute approximate surface area is 184 Å². The molecule has 9 heteroatoms. The lowest BCUT2D eigenvalue weighted by Crippen LogP contribution is -2.16. The monoisotopic (exact) mass is 435 g/mol. The third-order valence-corrected chi connectivity index (χ3v) is 4.80. The highest BCUT2D eigenvalue weighted by molar-refractivity contribution is 6.02. The van der Waals surface area contributed by atoms with Crippen LogP contribution < -0.4 is 10.1 Å². The molecule has 8 nitrogen and oxygen atoms in total. The third kappa shape index (κ3) is 5.00. The summed E-state index contributed by atoms with van der Waals surface area (Å²) in [5.74, 6) is 0.518. The van der Waals surface area contributed by atoms with Crippen LogP contribution in [-0.2, 0) is 13.2 Å². The minimum atomic E-state index is -0.500. The summed E-state index contributed by atoms with van der Waals surface area (Å²) < 4.78 is 25.7. The molecule has 164 valence electrons. The average molecular weight is 435 g/mol. The zero-order valence-electron chi connectivity index (χ0n) is 17.9. The maximum absolute atomic E-state index is 13.1. The second-order valence-electron chi connectivity index (χ2n) is 7.52. The van der Waals surface area contributed by atoms with E-state index in [0.29, 0.717) is 23.6 Å². The Morgan fingerprint density at radius 2 is 1.84 bits per heavy atom. The van der Waals surface area contributed by atoms with Crippen LogP contribution in [0.2, 0.25) is 0 Å². The van der Waals surface area contributed by atoms with Crippen LogP contribution in [0.3, 0.4) is 0 Å². The minimum Gasteiger partial charge on any atom is -0.489 e. The number of carbonyl (C=O) groups excluding carboxylic acids is 1. The van der Waals surface area contributed by atoms with Crippen LogP contribution in [0.15, 0.2) is 53.3 Å². The van der Waals surface area contributed by atoms with E-state index in [4.69, 9.17) is 9.26 Å². The molecule has 0 radical (unpaired) electrons. The van der Waals surface area contributed by atoms with E-state index in [0.717, 1.165) is 16.7 Å². The molecule has 4 aromatic rings. The van der Waals surface area contributed by atoms with Crippen LogP contribution in [0, 0.1) is 26.6 Å². The Balaban J connectivity index is 1.43. The van der Waals surface area contributed by atoms with Gasteiger partial charge in [-0.3, -0.25) is 10.1 Å². The van der Waals surface area contributed by atoms with Crippen molar-refractivity contribution in [3.63, 3.8) is 0 Å². The standard InChI is InChI=1S/C23H22FN5O3/c1-14-8-15(2)10-19(9-14)31-12-20-16(3)32-28-21(20)22(30)26-23-25-13-29(27-23)11-17-4-6-18(24)7-5-17/h4-10,13H,11-12H2,1-3H3,(H,26,27,30). The first-order chi connectivity index (χ1) is 15.4. The van der Waals surface area contributed by atoms with Gasteiger partial charge in [0, 0.05) is 0 Å². The van der Waals surface area contributed by atoms with Gasteiger partial charge in [0.2, 0.25) is 5.95 Å². The smallest absolute Gasteiger partial charge is 0.280 e. The van der Waals surface area contributed by atoms with Gasteiger partial charge in [-0.15, -0.1) is 5.10 Å². The van der Waals surface area contributed by atoms with Gasteiger partial charge < -0.3 is 9.26 Å². The van der Waals surface area contributed by atoms with Gasteiger partial charge in [-0.05, 0) is 61.7 Å². The number of amides is 1. The van der Waals surface area contributed by atoms with E-state index in [9.17, 15) is 9.18 Å². The van der Waals surface area contributed by atoms with E-state index in [2.05, 4.69) is 26.6 Å². The Kier molecular flexibility index (Phi) is 5.98. The Bertz CT molecular complexity index is 1230. The average Bonchev–Trinajstić information content (AvgIpc) is 3.33. The lowest BCUT2D eigenvalue weighted by atomic mass is 10.1. The van der Waals surface area contributed by atoms with Crippen LogP contribution in [0.5, 0.6) is 5.75 Å². The van der Waals surface area contributed by atoms with E-state index in [1.54, 1.807) is 23.7 Å². The van der Waals surface area contributed by atoms with Gasteiger partial charge in [-0.1, -0.05) is 23.4 Å². The van der Waals surface area contributed by atoms with Crippen molar-refractivity contribution in [3.8, 4) is 5.75 Å². The molecule has 0 aliphatic rings. The van der Waals surface area contributed by atoms with E-state index in [-0.39, 0.29) is 24.1 Å². The number of rotatable bonds is 7. The van der Waals surface area contributed by atoms with Gasteiger partial charge in [0.15, 0.2) is 5.69 Å². The summed E-state index contributed by atoms with van der Waals surface area (Å²) in [5, 5.41) is 10.7. The number of carbonyl (C=O) groups is 1. The number of hydrogen-bond acceptors (Lipinski definition) is 6. The molecule has 0 saturated carbocycles. The van der Waals surface area contributed by atoms with Crippen LogP contribution >= 0.6 is 0 Å². The van der Waals surface area contributed by atoms with Crippen molar-refractivity contribution in [1.82, 2.24) is 19.9 Å². The zero-order chi connectivity index (χ0) is 22.7. The quantitative estimate of drug-likeness (QED) is 0.467. The van der Waals surface area contributed by atoms with Crippen molar-refractivity contribution >= 4 is 11.9 Å². The molecule has 0 spiro atoms. The molecular weight excluding hydrogens is 413 g/mol. The maximum atomic E-state index is 13.1. The fraction of sp³-hybridized carbons (Fsp3) is 0.217. The molecule has 0 atom stereocenters. The van der Waals surface area contributed by atoms with E-state index in [1.165, 1.54) is 18.5 Å². The Morgan fingerprint density at radius 3 is 2.56 bits per heavy atom.